The number of nitrogens with zero attached hydrogens (tertiary/aromatic N) is 3. The van der Waals surface area contributed by atoms with Crippen LogP contribution in [0.1, 0.15) is 19.0 Å². The molecular weight excluding hydrogens is 262 g/mol. The van der Waals surface area contributed by atoms with Crippen molar-refractivity contribution in [1.82, 2.24) is 19.7 Å². The predicted molar refractivity (Wildman–Crippen MR) is 76.5 cm³/mol. The van der Waals surface area contributed by atoms with Gasteiger partial charge in [0.15, 0.2) is 5.16 Å². The third kappa shape index (κ3) is 3.37. The molecule has 2 N–H and O–H groups in total. The fourth-order valence-corrected chi connectivity index (χ4v) is 2.56. The Balaban J connectivity index is 2.07. The number of aromatic nitrogens is 4. The molecule has 0 fully saturated rings. The Morgan fingerprint density at radius 2 is 2.37 bits per heavy atom. The van der Waals surface area contributed by atoms with Gasteiger partial charge in [-0.15, -0.1) is 5.10 Å². The molecule has 0 bridgehead atoms. The number of pyridine rings is 1. The number of thioether (sulfide) groups is 1. The SMILES string of the molecule is CCCn1c(SCc2cc(NC)ccn2)n[nH]c1=O. The quantitative estimate of drug-likeness (QED) is 0.787. The Labute approximate surface area is 115 Å². The van der Waals surface area contributed by atoms with Crippen molar-refractivity contribution in [3.63, 3.8) is 0 Å². The van der Waals surface area contributed by atoms with E-state index in [1.54, 1.807) is 10.8 Å². The Morgan fingerprint density at radius 3 is 3.11 bits per heavy atom. The molecule has 0 aliphatic heterocycles. The van der Waals surface area contributed by atoms with Crippen LogP contribution in [0.15, 0.2) is 28.3 Å². The largest absolute Gasteiger partial charge is 0.388 e. The van der Waals surface area contributed by atoms with Gasteiger partial charge in [-0.05, 0) is 18.6 Å². The molecular formula is C12H17N5OS. The van der Waals surface area contributed by atoms with Gasteiger partial charge >= 0.3 is 5.69 Å². The molecule has 0 aromatic carbocycles. The summed E-state index contributed by atoms with van der Waals surface area (Å²) in [5, 5.41) is 10.3. The molecule has 7 heteroatoms. The fourth-order valence-electron chi connectivity index (χ4n) is 1.69. The van der Waals surface area contributed by atoms with Crippen LogP contribution >= 0.6 is 11.8 Å². The zero-order chi connectivity index (χ0) is 13.7. The van der Waals surface area contributed by atoms with Gasteiger partial charge in [0.2, 0.25) is 0 Å². The van der Waals surface area contributed by atoms with Gasteiger partial charge in [0.05, 0.1) is 5.69 Å². The number of hydrogen-bond acceptors (Lipinski definition) is 5. The molecule has 0 atom stereocenters. The third-order valence-corrected chi connectivity index (χ3v) is 3.63. The van der Waals surface area contributed by atoms with E-state index in [1.165, 1.54) is 11.8 Å². The van der Waals surface area contributed by atoms with Crippen molar-refractivity contribution in [2.75, 3.05) is 12.4 Å². The normalized spacial score (nSPS) is 10.6. The number of H-pyrrole nitrogens is 1. The summed E-state index contributed by atoms with van der Waals surface area (Å²) < 4.78 is 1.66. The van der Waals surface area contributed by atoms with Crippen molar-refractivity contribution < 1.29 is 0 Å². The van der Waals surface area contributed by atoms with E-state index in [0.29, 0.717) is 17.5 Å². The summed E-state index contributed by atoms with van der Waals surface area (Å²) in [6.07, 6.45) is 2.67. The van der Waals surface area contributed by atoms with E-state index in [4.69, 9.17) is 0 Å². The molecule has 102 valence electrons. The van der Waals surface area contributed by atoms with Gasteiger partial charge in [-0.25, -0.2) is 9.89 Å². The minimum atomic E-state index is -0.152. The summed E-state index contributed by atoms with van der Waals surface area (Å²) in [6.45, 7) is 2.72. The molecule has 6 nitrogen and oxygen atoms in total. The molecule has 0 aliphatic rings. The van der Waals surface area contributed by atoms with Crippen molar-refractivity contribution in [1.29, 1.82) is 0 Å². The number of hydrogen-bond donors (Lipinski definition) is 2. The van der Waals surface area contributed by atoms with Gasteiger partial charge in [0.1, 0.15) is 0 Å². The summed E-state index contributed by atoms with van der Waals surface area (Å²) in [7, 11) is 1.87. The topological polar surface area (TPSA) is 75.6 Å². The second kappa shape index (κ2) is 6.42. The minimum absolute atomic E-state index is 0.152. The summed E-state index contributed by atoms with van der Waals surface area (Å²) in [5.41, 5.74) is 1.83. The molecule has 0 saturated heterocycles. The number of nitrogens with one attached hydrogen (secondary N) is 2. The second-order valence-electron chi connectivity index (χ2n) is 4.04. The zero-order valence-corrected chi connectivity index (χ0v) is 11.8. The van der Waals surface area contributed by atoms with Gasteiger partial charge in [-0.1, -0.05) is 18.7 Å². The summed E-state index contributed by atoms with van der Waals surface area (Å²) >= 11 is 1.51. The van der Waals surface area contributed by atoms with E-state index in [1.807, 2.05) is 26.1 Å². The van der Waals surface area contributed by atoms with Crippen LogP contribution in [0.4, 0.5) is 5.69 Å². The molecule has 2 aromatic heterocycles. The van der Waals surface area contributed by atoms with Crippen LogP contribution in [0.2, 0.25) is 0 Å². The van der Waals surface area contributed by atoms with Crippen LogP contribution in [0.3, 0.4) is 0 Å². The molecule has 19 heavy (non-hydrogen) atoms. The molecule has 0 radical (unpaired) electrons. The highest BCUT2D eigenvalue weighted by molar-refractivity contribution is 7.98. The molecule has 2 aromatic rings. The van der Waals surface area contributed by atoms with Gasteiger partial charge in [-0.3, -0.25) is 9.55 Å². The highest BCUT2D eigenvalue weighted by atomic mass is 32.2. The molecule has 0 spiro atoms. The van der Waals surface area contributed by atoms with E-state index < -0.39 is 0 Å². The molecule has 0 unspecified atom stereocenters. The second-order valence-corrected chi connectivity index (χ2v) is 4.98. The van der Waals surface area contributed by atoms with Crippen LogP contribution in [0.25, 0.3) is 0 Å². The monoisotopic (exact) mass is 279 g/mol. The lowest BCUT2D eigenvalue weighted by molar-refractivity contribution is 0.603. The zero-order valence-electron chi connectivity index (χ0n) is 11.0. The van der Waals surface area contributed by atoms with Crippen LogP contribution in [-0.2, 0) is 12.3 Å². The number of rotatable bonds is 6. The predicted octanol–water partition coefficient (Wildman–Crippen LogP) is 1.71. The molecule has 2 heterocycles. The average molecular weight is 279 g/mol. The van der Waals surface area contributed by atoms with Crippen molar-refractivity contribution in [2.45, 2.75) is 30.8 Å². The van der Waals surface area contributed by atoms with Crippen molar-refractivity contribution in [3.8, 4) is 0 Å². The van der Waals surface area contributed by atoms with Gasteiger partial charge in [0, 0.05) is 31.2 Å². The van der Waals surface area contributed by atoms with Crippen molar-refractivity contribution in [3.05, 3.63) is 34.5 Å². The van der Waals surface area contributed by atoms with Gasteiger partial charge in [-0.2, -0.15) is 0 Å². The maximum atomic E-state index is 11.5. The standard InChI is InChI=1S/C12H17N5OS/c1-3-6-17-11(18)15-16-12(17)19-8-10-7-9(13-2)4-5-14-10/h4-5,7H,3,6,8H2,1-2H3,(H,13,14)(H,15,18). The van der Waals surface area contributed by atoms with E-state index in [9.17, 15) is 4.79 Å². The molecule has 0 amide bonds. The van der Waals surface area contributed by atoms with E-state index in [2.05, 4.69) is 20.5 Å². The Morgan fingerprint density at radius 1 is 1.53 bits per heavy atom. The van der Waals surface area contributed by atoms with E-state index in [0.717, 1.165) is 17.8 Å². The smallest absolute Gasteiger partial charge is 0.343 e. The Hall–Kier alpha value is -1.76. The first kappa shape index (κ1) is 13.7. The minimum Gasteiger partial charge on any atom is -0.388 e. The molecule has 0 aliphatic carbocycles. The van der Waals surface area contributed by atoms with Crippen LogP contribution in [0, 0.1) is 0 Å². The maximum absolute atomic E-state index is 11.5. The van der Waals surface area contributed by atoms with Gasteiger partial charge < -0.3 is 5.32 Å². The van der Waals surface area contributed by atoms with Crippen LogP contribution in [-0.4, -0.2) is 26.8 Å². The molecule has 2 rings (SSSR count). The van der Waals surface area contributed by atoms with Gasteiger partial charge in [0.25, 0.3) is 0 Å². The number of aromatic amines is 1. The Kier molecular flexibility index (Phi) is 4.62. The summed E-state index contributed by atoms with van der Waals surface area (Å²) in [6, 6.07) is 3.90. The Bertz CT molecular complexity index is 592. The maximum Gasteiger partial charge on any atom is 0.343 e. The first-order valence-electron chi connectivity index (χ1n) is 6.15. The summed E-state index contributed by atoms with van der Waals surface area (Å²) in [5.74, 6) is 0.684. The van der Waals surface area contributed by atoms with Crippen molar-refractivity contribution in [2.24, 2.45) is 0 Å². The van der Waals surface area contributed by atoms with E-state index in [-0.39, 0.29) is 5.69 Å². The number of anilines is 1. The van der Waals surface area contributed by atoms with Crippen LogP contribution in [0.5, 0.6) is 0 Å². The van der Waals surface area contributed by atoms with Crippen LogP contribution < -0.4 is 11.0 Å². The lowest BCUT2D eigenvalue weighted by atomic mass is 10.3. The first-order chi connectivity index (χ1) is 9.24. The third-order valence-electron chi connectivity index (χ3n) is 2.62. The first-order valence-corrected chi connectivity index (χ1v) is 7.14. The highest BCUT2D eigenvalue weighted by Crippen LogP contribution is 2.20. The van der Waals surface area contributed by atoms with Crippen molar-refractivity contribution >= 4 is 17.4 Å². The fraction of sp³-hybridized carbons (Fsp3) is 0.417. The average Bonchev–Trinajstić information content (AvgIpc) is 2.78. The summed E-state index contributed by atoms with van der Waals surface area (Å²) in [4.78, 5) is 15.8. The molecule has 0 saturated carbocycles. The lowest BCUT2D eigenvalue weighted by Crippen LogP contribution is -2.17. The van der Waals surface area contributed by atoms with E-state index >= 15 is 0 Å². The lowest BCUT2D eigenvalue weighted by Gasteiger charge is -2.05. The highest BCUT2D eigenvalue weighted by Gasteiger charge is 2.08.